The van der Waals surface area contributed by atoms with E-state index >= 15 is 0 Å². The predicted molar refractivity (Wildman–Crippen MR) is 82.0 cm³/mol. The Balaban J connectivity index is 1.56. The number of nitrogens with zero attached hydrogens (tertiary/aromatic N) is 4. The smallest absolute Gasteiger partial charge is 0.345 e. The minimum atomic E-state index is -0.842. The van der Waals surface area contributed by atoms with Crippen molar-refractivity contribution in [1.82, 2.24) is 14.5 Å². The average molecular weight is 306 g/mol. The first-order valence-corrected chi connectivity index (χ1v) is 7.72. The molecule has 1 aliphatic heterocycles. The highest BCUT2D eigenvalue weighted by Gasteiger charge is 2.20. The highest BCUT2D eigenvalue weighted by molar-refractivity contribution is 7.13. The summed E-state index contributed by atoms with van der Waals surface area (Å²) >= 11 is 1.36. The number of imidazole rings is 1. The number of hydrogen-bond donors (Lipinski definition) is 1. The van der Waals surface area contributed by atoms with Gasteiger partial charge in [0, 0.05) is 57.0 Å². The second-order valence-corrected chi connectivity index (χ2v) is 6.34. The molecule has 0 saturated carbocycles. The molecule has 0 aromatic carbocycles. The molecule has 2 aromatic rings. The van der Waals surface area contributed by atoms with Gasteiger partial charge >= 0.3 is 5.97 Å². The number of aromatic carboxylic acids is 1. The van der Waals surface area contributed by atoms with Crippen LogP contribution in [0.2, 0.25) is 0 Å². The van der Waals surface area contributed by atoms with E-state index in [1.54, 1.807) is 6.07 Å². The number of thiophene rings is 1. The standard InChI is InChI=1S/C14H18N4O2S/c1-16-5-4-15-14(16)18-8-6-17(7-9-18)10-11-2-3-12(21-11)13(19)20/h2-5H,6-10H2,1H3,(H,19,20). The summed E-state index contributed by atoms with van der Waals surface area (Å²) < 4.78 is 2.04. The third-order valence-corrected chi connectivity index (χ3v) is 4.76. The average Bonchev–Trinajstić information content (AvgIpc) is 3.09. The van der Waals surface area contributed by atoms with Gasteiger partial charge in [0.25, 0.3) is 0 Å². The van der Waals surface area contributed by atoms with E-state index in [9.17, 15) is 4.79 Å². The molecule has 0 aliphatic carbocycles. The number of carbonyl (C=O) groups is 1. The fourth-order valence-electron chi connectivity index (χ4n) is 2.57. The van der Waals surface area contributed by atoms with Crippen LogP contribution < -0.4 is 4.90 Å². The van der Waals surface area contributed by atoms with E-state index in [4.69, 9.17) is 5.11 Å². The van der Waals surface area contributed by atoms with E-state index in [-0.39, 0.29) is 0 Å². The molecule has 0 bridgehead atoms. The molecular weight excluding hydrogens is 288 g/mol. The minimum absolute atomic E-state index is 0.414. The number of aromatic nitrogens is 2. The van der Waals surface area contributed by atoms with E-state index in [1.807, 2.05) is 30.1 Å². The van der Waals surface area contributed by atoms with Gasteiger partial charge in [-0.2, -0.15) is 0 Å². The lowest BCUT2D eigenvalue weighted by Crippen LogP contribution is -2.46. The Bertz CT molecular complexity index is 628. The molecule has 0 amide bonds. The van der Waals surface area contributed by atoms with Crippen LogP contribution in [0.15, 0.2) is 24.5 Å². The maximum atomic E-state index is 10.9. The maximum Gasteiger partial charge on any atom is 0.345 e. The van der Waals surface area contributed by atoms with Crippen LogP contribution in [-0.2, 0) is 13.6 Å². The van der Waals surface area contributed by atoms with Crippen LogP contribution >= 0.6 is 11.3 Å². The van der Waals surface area contributed by atoms with Crippen LogP contribution in [0.5, 0.6) is 0 Å². The largest absolute Gasteiger partial charge is 0.477 e. The van der Waals surface area contributed by atoms with Gasteiger partial charge in [0.05, 0.1) is 0 Å². The Labute approximate surface area is 127 Å². The van der Waals surface area contributed by atoms with Crippen LogP contribution in [0.1, 0.15) is 14.5 Å². The number of rotatable bonds is 4. The highest BCUT2D eigenvalue weighted by atomic mass is 32.1. The number of anilines is 1. The van der Waals surface area contributed by atoms with Gasteiger partial charge in [-0.05, 0) is 12.1 Å². The maximum absolute atomic E-state index is 10.9. The first kappa shape index (κ1) is 14.1. The summed E-state index contributed by atoms with van der Waals surface area (Å²) in [5.74, 6) is 0.171. The SMILES string of the molecule is Cn1ccnc1N1CCN(Cc2ccc(C(=O)O)s2)CC1. The number of carboxylic acids is 1. The zero-order valence-corrected chi connectivity index (χ0v) is 12.7. The van der Waals surface area contributed by atoms with Crippen LogP contribution in [0.3, 0.4) is 0 Å². The summed E-state index contributed by atoms with van der Waals surface area (Å²) in [5, 5.41) is 8.95. The Morgan fingerprint density at radius 3 is 2.67 bits per heavy atom. The third-order valence-electron chi connectivity index (χ3n) is 3.70. The molecule has 3 rings (SSSR count). The fourth-order valence-corrected chi connectivity index (χ4v) is 3.46. The zero-order chi connectivity index (χ0) is 14.8. The normalized spacial score (nSPS) is 16.3. The van der Waals surface area contributed by atoms with Gasteiger partial charge in [-0.15, -0.1) is 11.3 Å². The van der Waals surface area contributed by atoms with Gasteiger partial charge < -0.3 is 14.6 Å². The second-order valence-electron chi connectivity index (χ2n) is 5.17. The van der Waals surface area contributed by atoms with E-state index in [2.05, 4.69) is 14.8 Å². The molecule has 3 heterocycles. The molecule has 1 N–H and O–H groups in total. The Morgan fingerprint density at radius 2 is 2.10 bits per heavy atom. The van der Waals surface area contributed by atoms with Crippen molar-refractivity contribution in [2.75, 3.05) is 31.1 Å². The van der Waals surface area contributed by atoms with Gasteiger partial charge in [-0.25, -0.2) is 9.78 Å². The van der Waals surface area contributed by atoms with Crippen LogP contribution in [0.4, 0.5) is 5.95 Å². The number of piperazine rings is 1. The van der Waals surface area contributed by atoms with Crippen molar-refractivity contribution in [2.45, 2.75) is 6.54 Å². The van der Waals surface area contributed by atoms with Gasteiger partial charge in [0.1, 0.15) is 4.88 Å². The van der Waals surface area contributed by atoms with Crippen LogP contribution in [-0.4, -0.2) is 51.7 Å². The van der Waals surface area contributed by atoms with E-state index in [0.29, 0.717) is 4.88 Å². The van der Waals surface area contributed by atoms with Crippen molar-refractivity contribution in [1.29, 1.82) is 0 Å². The zero-order valence-electron chi connectivity index (χ0n) is 11.9. The summed E-state index contributed by atoms with van der Waals surface area (Å²) in [4.78, 5) is 21.4. The van der Waals surface area contributed by atoms with Crippen molar-refractivity contribution in [3.8, 4) is 0 Å². The number of aryl methyl sites for hydroxylation is 1. The van der Waals surface area contributed by atoms with Crippen molar-refractivity contribution < 1.29 is 9.90 Å². The molecule has 1 fully saturated rings. The summed E-state index contributed by atoms with van der Waals surface area (Å²) in [6.45, 7) is 4.65. The predicted octanol–water partition coefficient (Wildman–Crippen LogP) is 1.50. The molecule has 0 radical (unpaired) electrons. The Kier molecular flexibility index (Phi) is 3.94. The summed E-state index contributed by atoms with van der Waals surface area (Å²) in [6, 6.07) is 3.60. The molecule has 0 spiro atoms. The van der Waals surface area contributed by atoms with Crippen LogP contribution in [0, 0.1) is 0 Å². The fraction of sp³-hybridized carbons (Fsp3) is 0.429. The minimum Gasteiger partial charge on any atom is -0.477 e. The summed E-state index contributed by atoms with van der Waals surface area (Å²) in [6.07, 6.45) is 3.78. The summed E-state index contributed by atoms with van der Waals surface area (Å²) in [7, 11) is 2.01. The van der Waals surface area contributed by atoms with Gasteiger partial charge in [-0.1, -0.05) is 0 Å². The Hall–Kier alpha value is -1.86. The topological polar surface area (TPSA) is 61.6 Å². The van der Waals surface area contributed by atoms with Crippen LogP contribution in [0.25, 0.3) is 0 Å². The molecule has 0 atom stereocenters. The lowest BCUT2D eigenvalue weighted by molar-refractivity contribution is 0.0702. The lowest BCUT2D eigenvalue weighted by atomic mass is 10.3. The molecule has 1 saturated heterocycles. The van der Waals surface area contributed by atoms with Crippen molar-refractivity contribution >= 4 is 23.3 Å². The number of carboxylic acid groups (broad SMARTS) is 1. The van der Waals surface area contributed by atoms with E-state index in [0.717, 1.165) is 43.5 Å². The van der Waals surface area contributed by atoms with E-state index in [1.165, 1.54) is 11.3 Å². The molecule has 7 heteroatoms. The van der Waals surface area contributed by atoms with Crippen molar-refractivity contribution in [3.63, 3.8) is 0 Å². The molecule has 2 aromatic heterocycles. The Morgan fingerprint density at radius 1 is 1.33 bits per heavy atom. The molecule has 6 nitrogen and oxygen atoms in total. The monoisotopic (exact) mass is 306 g/mol. The summed E-state index contributed by atoms with van der Waals surface area (Å²) in [5.41, 5.74) is 0. The highest BCUT2D eigenvalue weighted by Crippen LogP contribution is 2.20. The van der Waals surface area contributed by atoms with Gasteiger partial charge in [0.2, 0.25) is 5.95 Å². The molecule has 1 aliphatic rings. The number of hydrogen-bond acceptors (Lipinski definition) is 5. The molecule has 0 unspecified atom stereocenters. The first-order valence-electron chi connectivity index (χ1n) is 6.90. The molecular formula is C14H18N4O2S. The third kappa shape index (κ3) is 3.08. The first-order chi connectivity index (χ1) is 10.1. The lowest BCUT2D eigenvalue weighted by Gasteiger charge is -2.34. The van der Waals surface area contributed by atoms with Gasteiger partial charge in [-0.3, -0.25) is 4.90 Å². The molecule has 112 valence electrons. The van der Waals surface area contributed by atoms with E-state index < -0.39 is 5.97 Å². The van der Waals surface area contributed by atoms with Gasteiger partial charge in [0.15, 0.2) is 0 Å². The van der Waals surface area contributed by atoms with Crippen molar-refractivity contribution in [3.05, 3.63) is 34.3 Å². The quantitative estimate of drug-likeness (QED) is 0.927. The van der Waals surface area contributed by atoms with Crippen molar-refractivity contribution in [2.24, 2.45) is 7.05 Å². The second kappa shape index (κ2) is 5.87. The molecule has 21 heavy (non-hydrogen) atoms.